The lowest BCUT2D eigenvalue weighted by atomic mass is 10.1. The number of rotatable bonds is 6. The number of hydrogen-bond donors (Lipinski definition) is 2. The summed E-state index contributed by atoms with van der Waals surface area (Å²) < 4.78 is 27.8. The van der Waals surface area contributed by atoms with Crippen molar-refractivity contribution in [3.8, 4) is 0 Å². The summed E-state index contributed by atoms with van der Waals surface area (Å²) in [7, 11) is -3.67. The number of aryl methyl sites for hydroxylation is 2. The Hall–Kier alpha value is -2.34. The van der Waals surface area contributed by atoms with Crippen molar-refractivity contribution in [2.45, 2.75) is 44.6 Å². The van der Waals surface area contributed by atoms with Crippen molar-refractivity contribution in [3.63, 3.8) is 0 Å². The molecule has 5 nitrogen and oxygen atoms in total. The summed E-state index contributed by atoms with van der Waals surface area (Å²) in [6.07, 6.45) is 2.33. The molecule has 0 unspecified atom stereocenters. The van der Waals surface area contributed by atoms with E-state index in [0.717, 1.165) is 5.56 Å². The van der Waals surface area contributed by atoms with E-state index in [-0.39, 0.29) is 16.8 Å². The quantitative estimate of drug-likeness (QED) is 0.813. The fraction of sp³-hybridized carbons (Fsp3) is 0.350. The minimum atomic E-state index is -3.67. The maximum absolute atomic E-state index is 12.6. The van der Waals surface area contributed by atoms with Crippen LogP contribution in [0.5, 0.6) is 0 Å². The second-order valence-electron chi connectivity index (χ2n) is 7.05. The molecule has 138 valence electrons. The molecule has 1 saturated carbocycles. The topological polar surface area (TPSA) is 75.3 Å². The zero-order valence-corrected chi connectivity index (χ0v) is 16.1. The van der Waals surface area contributed by atoms with Gasteiger partial charge in [0.05, 0.1) is 4.90 Å². The molecule has 3 rings (SSSR count). The summed E-state index contributed by atoms with van der Waals surface area (Å²) in [4.78, 5) is 12.5. The van der Waals surface area contributed by atoms with Crippen LogP contribution < -0.4 is 10.0 Å². The van der Waals surface area contributed by atoms with Gasteiger partial charge >= 0.3 is 0 Å². The number of benzene rings is 2. The first-order valence-electron chi connectivity index (χ1n) is 8.77. The Morgan fingerprint density at radius 3 is 2.35 bits per heavy atom. The van der Waals surface area contributed by atoms with Crippen LogP contribution in [0.1, 0.15) is 41.3 Å². The Labute approximate surface area is 154 Å². The number of carbonyl (C=O) groups excluding carboxylic acids is 1. The Kier molecular flexibility index (Phi) is 5.05. The molecule has 0 aromatic heterocycles. The minimum absolute atomic E-state index is 0.131. The van der Waals surface area contributed by atoms with Gasteiger partial charge in [0.25, 0.3) is 15.9 Å². The molecular formula is C20H24N2O3S. The first-order valence-corrected chi connectivity index (χ1v) is 10.3. The van der Waals surface area contributed by atoms with E-state index in [0.29, 0.717) is 22.7 Å². The van der Waals surface area contributed by atoms with Gasteiger partial charge in [0, 0.05) is 17.3 Å². The van der Waals surface area contributed by atoms with E-state index in [1.165, 1.54) is 12.8 Å². The molecule has 1 amide bonds. The molecule has 0 radical (unpaired) electrons. The number of hydrogen-bond acceptors (Lipinski definition) is 3. The van der Waals surface area contributed by atoms with Crippen molar-refractivity contribution >= 4 is 21.6 Å². The third kappa shape index (κ3) is 4.25. The highest BCUT2D eigenvalue weighted by atomic mass is 32.2. The summed E-state index contributed by atoms with van der Waals surface area (Å²) in [6.45, 7) is 5.64. The first-order chi connectivity index (χ1) is 12.3. The Morgan fingerprint density at radius 2 is 1.73 bits per heavy atom. The lowest BCUT2D eigenvalue weighted by Gasteiger charge is -2.14. The maximum atomic E-state index is 12.6. The van der Waals surface area contributed by atoms with Gasteiger partial charge in [-0.2, -0.15) is 0 Å². The van der Waals surface area contributed by atoms with Gasteiger partial charge in [-0.1, -0.05) is 12.1 Å². The van der Waals surface area contributed by atoms with Crippen LogP contribution in [0.4, 0.5) is 5.69 Å². The molecule has 0 aliphatic heterocycles. The van der Waals surface area contributed by atoms with Gasteiger partial charge in [0.2, 0.25) is 0 Å². The molecule has 1 aliphatic rings. The fourth-order valence-corrected chi connectivity index (χ4v) is 4.29. The van der Waals surface area contributed by atoms with E-state index in [1.807, 2.05) is 19.9 Å². The first kappa shape index (κ1) is 18.5. The number of amides is 1. The minimum Gasteiger partial charge on any atom is -0.349 e. The summed E-state index contributed by atoms with van der Waals surface area (Å²) >= 11 is 0. The van der Waals surface area contributed by atoms with E-state index >= 15 is 0 Å². The van der Waals surface area contributed by atoms with Crippen LogP contribution in [-0.2, 0) is 10.0 Å². The monoisotopic (exact) mass is 372 g/mol. The van der Waals surface area contributed by atoms with Gasteiger partial charge in [-0.15, -0.1) is 0 Å². The van der Waals surface area contributed by atoms with E-state index < -0.39 is 10.0 Å². The lowest BCUT2D eigenvalue weighted by Crippen LogP contribution is -2.33. The molecule has 0 saturated heterocycles. The number of sulfonamides is 1. The summed E-state index contributed by atoms with van der Waals surface area (Å²) in [5, 5.41) is 2.99. The average molecular weight is 372 g/mol. The predicted molar refractivity (Wildman–Crippen MR) is 103 cm³/mol. The number of carbonyl (C=O) groups is 1. The SMILES string of the molecule is Cc1ccc(C)c(S(=O)(=O)Nc2ccc(C(=O)N[C@@H](C)C3CC3)cc2)c1. The van der Waals surface area contributed by atoms with Crippen molar-refractivity contribution in [2.24, 2.45) is 5.92 Å². The van der Waals surface area contributed by atoms with E-state index in [1.54, 1.807) is 43.3 Å². The molecule has 1 fully saturated rings. The van der Waals surface area contributed by atoms with Crippen LogP contribution in [0.3, 0.4) is 0 Å². The highest BCUT2D eigenvalue weighted by molar-refractivity contribution is 7.92. The van der Waals surface area contributed by atoms with E-state index in [2.05, 4.69) is 10.0 Å². The summed E-state index contributed by atoms with van der Waals surface area (Å²) in [5.74, 6) is 0.455. The zero-order chi connectivity index (χ0) is 18.9. The van der Waals surface area contributed by atoms with Crippen LogP contribution in [0, 0.1) is 19.8 Å². The van der Waals surface area contributed by atoms with Crippen molar-refractivity contribution in [3.05, 3.63) is 59.2 Å². The molecule has 26 heavy (non-hydrogen) atoms. The van der Waals surface area contributed by atoms with E-state index in [4.69, 9.17) is 0 Å². The standard InChI is InChI=1S/C20H24N2O3S/c1-13-4-5-14(2)19(12-13)26(24,25)22-18-10-8-17(9-11-18)20(23)21-15(3)16-6-7-16/h4-5,8-12,15-16,22H,6-7H2,1-3H3,(H,21,23)/t15-/m0/s1. The highest BCUT2D eigenvalue weighted by Crippen LogP contribution is 2.32. The van der Waals surface area contributed by atoms with Crippen molar-refractivity contribution in [1.29, 1.82) is 0 Å². The maximum Gasteiger partial charge on any atom is 0.262 e. The van der Waals surface area contributed by atoms with Crippen LogP contribution in [0.15, 0.2) is 47.4 Å². The van der Waals surface area contributed by atoms with Crippen molar-refractivity contribution in [1.82, 2.24) is 5.32 Å². The molecule has 6 heteroatoms. The number of anilines is 1. The van der Waals surface area contributed by atoms with Gasteiger partial charge in [-0.05, 0) is 81.0 Å². The highest BCUT2D eigenvalue weighted by Gasteiger charge is 2.29. The molecule has 0 bridgehead atoms. The second kappa shape index (κ2) is 7.11. The van der Waals surface area contributed by atoms with Gasteiger partial charge in [-0.25, -0.2) is 8.42 Å². The Balaban J connectivity index is 1.72. The molecule has 0 heterocycles. The molecule has 2 aromatic rings. The summed E-state index contributed by atoms with van der Waals surface area (Å²) in [5.41, 5.74) is 2.52. The van der Waals surface area contributed by atoms with Crippen molar-refractivity contribution in [2.75, 3.05) is 4.72 Å². The molecule has 1 aliphatic carbocycles. The Bertz CT molecular complexity index is 917. The van der Waals surface area contributed by atoms with Crippen LogP contribution in [0.2, 0.25) is 0 Å². The number of nitrogens with one attached hydrogen (secondary N) is 2. The van der Waals surface area contributed by atoms with Crippen LogP contribution >= 0.6 is 0 Å². The zero-order valence-electron chi connectivity index (χ0n) is 15.2. The van der Waals surface area contributed by atoms with E-state index in [9.17, 15) is 13.2 Å². The third-order valence-corrected chi connectivity index (χ3v) is 6.24. The summed E-state index contributed by atoms with van der Waals surface area (Å²) in [6, 6.07) is 12.0. The fourth-order valence-electron chi connectivity index (χ4n) is 2.90. The van der Waals surface area contributed by atoms with Gasteiger partial charge in [0.1, 0.15) is 0 Å². The molecule has 2 N–H and O–H groups in total. The van der Waals surface area contributed by atoms with Gasteiger partial charge in [-0.3, -0.25) is 9.52 Å². The van der Waals surface area contributed by atoms with Crippen LogP contribution in [0.25, 0.3) is 0 Å². The van der Waals surface area contributed by atoms with Crippen molar-refractivity contribution < 1.29 is 13.2 Å². The third-order valence-electron chi connectivity index (χ3n) is 4.72. The average Bonchev–Trinajstić information content (AvgIpc) is 3.42. The molecule has 2 aromatic carbocycles. The smallest absolute Gasteiger partial charge is 0.262 e. The second-order valence-corrected chi connectivity index (χ2v) is 8.70. The lowest BCUT2D eigenvalue weighted by molar-refractivity contribution is 0.0936. The van der Waals surface area contributed by atoms with Gasteiger partial charge in [0.15, 0.2) is 0 Å². The molecular weight excluding hydrogens is 348 g/mol. The predicted octanol–water partition coefficient (Wildman–Crippen LogP) is 3.63. The Morgan fingerprint density at radius 1 is 1.08 bits per heavy atom. The normalized spacial score (nSPS) is 15.3. The molecule has 1 atom stereocenters. The van der Waals surface area contributed by atoms with Crippen LogP contribution in [-0.4, -0.2) is 20.4 Å². The molecule has 0 spiro atoms. The largest absolute Gasteiger partial charge is 0.349 e. The van der Waals surface area contributed by atoms with Gasteiger partial charge < -0.3 is 5.32 Å².